The van der Waals surface area contributed by atoms with Gasteiger partial charge in [-0.25, -0.2) is 4.98 Å². The van der Waals surface area contributed by atoms with Crippen molar-refractivity contribution in [3.05, 3.63) is 30.5 Å². The fourth-order valence-electron chi connectivity index (χ4n) is 2.54. The van der Waals surface area contributed by atoms with Gasteiger partial charge in [0.1, 0.15) is 5.82 Å². The Hall–Kier alpha value is -1.68. The van der Waals surface area contributed by atoms with E-state index in [2.05, 4.69) is 22.2 Å². The largest absolute Gasteiger partial charge is 0.381 e. The van der Waals surface area contributed by atoms with E-state index in [0.29, 0.717) is 12.0 Å². The summed E-state index contributed by atoms with van der Waals surface area (Å²) in [6.45, 7) is 3.93. The van der Waals surface area contributed by atoms with Crippen molar-refractivity contribution in [2.75, 3.05) is 18.5 Å². The summed E-state index contributed by atoms with van der Waals surface area (Å²) in [6.07, 6.45) is 4.18. The van der Waals surface area contributed by atoms with Crippen molar-refractivity contribution in [3.63, 3.8) is 0 Å². The lowest BCUT2D eigenvalue weighted by Gasteiger charge is -2.28. The molecule has 4 heteroatoms. The number of hydrogen-bond donors (Lipinski definition) is 1. The molecule has 0 amide bonds. The van der Waals surface area contributed by atoms with Gasteiger partial charge in [-0.15, -0.1) is 0 Å². The maximum atomic E-state index is 5.54. The molecule has 2 aromatic rings. The Bertz CT molecular complexity index is 552. The van der Waals surface area contributed by atoms with Crippen LogP contribution in [0.25, 0.3) is 11.0 Å². The number of aromatic nitrogens is 2. The molecule has 0 bridgehead atoms. The molecule has 100 valence electrons. The second kappa shape index (κ2) is 5.53. The van der Waals surface area contributed by atoms with E-state index >= 15 is 0 Å². The third kappa shape index (κ3) is 2.84. The van der Waals surface area contributed by atoms with Gasteiger partial charge in [0, 0.05) is 18.6 Å². The molecule has 0 radical (unpaired) electrons. The standard InChI is InChI=1S/C15H19N3O/c1-11(12-5-4-8-19-10-12)17-15-9-16-13-6-2-3-7-14(13)18-15/h2-3,6-7,9,11-12H,4-5,8,10H2,1H3,(H,17,18). The molecule has 1 aromatic heterocycles. The van der Waals surface area contributed by atoms with Gasteiger partial charge in [-0.1, -0.05) is 12.1 Å². The molecule has 1 aliphatic heterocycles. The van der Waals surface area contributed by atoms with Crippen LogP contribution < -0.4 is 5.32 Å². The van der Waals surface area contributed by atoms with Crippen LogP contribution in [-0.2, 0) is 4.74 Å². The fourth-order valence-corrected chi connectivity index (χ4v) is 2.54. The molecule has 4 nitrogen and oxygen atoms in total. The van der Waals surface area contributed by atoms with Crippen LogP contribution in [0.4, 0.5) is 5.82 Å². The average Bonchev–Trinajstić information content (AvgIpc) is 2.48. The molecule has 19 heavy (non-hydrogen) atoms. The first kappa shape index (κ1) is 12.4. The Morgan fingerprint density at radius 3 is 2.95 bits per heavy atom. The molecule has 1 aromatic carbocycles. The number of fused-ring (bicyclic) bond motifs is 1. The number of para-hydroxylation sites is 2. The number of rotatable bonds is 3. The molecule has 2 unspecified atom stereocenters. The number of nitrogens with one attached hydrogen (secondary N) is 1. The van der Waals surface area contributed by atoms with Crippen LogP contribution in [0.3, 0.4) is 0 Å². The normalized spacial score (nSPS) is 21.2. The maximum absolute atomic E-state index is 5.54. The van der Waals surface area contributed by atoms with E-state index in [1.54, 1.807) is 0 Å². The molecule has 1 aliphatic rings. The van der Waals surface area contributed by atoms with Crippen molar-refractivity contribution in [2.24, 2.45) is 5.92 Å². The van der Waals surface area contributed by atoms with Crippen molar-refractivity contribution < 1.29 is 4.74 Å². The molecule has 1 N–H and O–H groups in total. The predicted molar refractivity (Wildman–Crippen MR) is 76.2 cm³/mol. The van der Waals surface area contributed by atoms with E-state index < -0.39 is 0 Å². The van der Waals surface area contributed by atoms with Crippen LogP contribution in [0.1, 0.15) is 19.8 Å². The molecule has 3 rings (SSSR count). The van der Waals surface area contributed by atoms with E-state index in [1.807, 2.05) is 30.5 Å². The van der Waals surface area contributed by atoms with Gasteiger partial charge in [0.25, 0.3) is 0 Å². The Kier molecular flexibility index (Phi) is 3.60. The number of nitrogens with zero attached hydrogens (tertiary/aromatic N) is 2. The molecule has 0 aliphatic carbocycles. The highest BCUT2D eigenvalue weighted by Gasteiger charge is 2.20. The van der Waals surface area contributed by atoms with Crippen molar-refractivity contribution in [1.82, 2.24) is 9.97 Å². The smallest absolute Gasteiger partial charge is 0.145 e. The Labute approximate surface area is 113 Å². The van der Waals surface area contributed by atoms with Crippen LogP contribution in [-0.4, -0.2) is 29.2 Å². The summed E-state index contributed by atoms with van der Waals surface area (Å²) in [7, 11) is 0. The summed E-state index contributed by atoms with van der Waals surface area (Å²) in [4.78, 5) is 9.02. The van der Waals surface area contributed by atoms with Crippen molar-refractivity contribution in [2.45, 2.75) is 25.8 Å². The Morgan fingerprint density at radius 2 is 2.16 bits per heavy atom. The molecule has 2 heterocycles. The van der Waals surface area contributed by atoms with Crippen LogP contribution in [0.15, 0.2) is 30.5 Å². The molecular weight excluding hydrogens is 238 g/mol. The SMILES string of the molecule is CC(Nc1cnc2ccccc2n1)C1CCCOC1. The zero-order valence-corrected chi connectivity index (χ0v) is 11.2. The summed E-state index contributed by atoms with van der Waals surface area (Å²) in [5.41, 5.74) is 1.86. The number of ether oxygens (including phenoxy) is 1. The molecule has 0 saturated carbocycles. The average molecular weight is 257 g/mol. The van der Waals surface area contributed by atoms with E-state index in [9.17, 15) is 0 Å². The van der Waals surface area contributed by atoms with E-state index in [0.717, 1.165) is 36.5 Å². The van der Waals surface area contributed by atoms with Crippen LogP contribution >= 0.6 is 0 Å². The van der Waals surface area contributed by atoms with Gasteiger partial charge >= 0.3 is 0 Å². The lowest BCUT2D eigenvalue weighted by atomic mass is 9.95. The first-order chi connectivity index (χ1) is 9.33. The minimum Gasteiger partial charge on any atom is -0.381 e. The van der Waals surface area contributed by atoms with Crippen molar-refractivity contribution in [3.8, 4) is 0 Å². The van der Waals surface area contributed by atoms with Crippen LogP contribution in [0.5, 0.6) is 0 Å². The van der Waals surface area contributed by atoms with Crippen LogP contribution in [0, 0.1) is 5.92 Å². The highest BCUT2D eigenvalue weighted by atomic mass is 16.5. The zero-order valence-electron chi connectivity index (χ0n) is 11.2. The third-order valence-corrected chi connectivity index (χ3v) is 3.73. The van der Waals surface area contributed by atoms with E-state index in [-0.39, 0.29) is 0 Å². The quantitative estimate of drug-likeness (QED) is 0.918. The molecule has 2 atom stereocenters. The molecule has 0 spiro atoms. The van der Waals surface area contributed by atoms with Gasteiger partial charge in [-0.05, 0) is 31.9 Å². The van der Waals surface area contributed by atoms with Gasteiger partial charge in [-0.3, -0.25) is 4.98 Å². The van der Waals surface area contributed by atoms with Gasteiger partial charge in [0.05, 0.1) is 23.8 Å². The van der Waals surface area contributed by atoms with Gasteiger partial charge in [0.2, 0.25) is 0 Å². The van der Waals surface area contributed by atoms with Gasteiger partial charge in [-0.2, -0.15) is 0 Å². The fraction of sp³-hybridized carbons (Fsp3) is 0.467. The Morgan fingerprint density at radius 1 is 1.32 bits per heavy atom. The Balaban J connectivity index is 1.73. The first-order valence-electron chi connectivity index (χ1n) is 6.89. The van der Waals surface area contributed by atoms with Crippen molar-refractivity contribution in [1.29, 1.82) is 0 Å². The molecule has 1 fully saturated rings. The summed E-state index contributed by atoms with van der Waals surface area (Å²) in [5, 5.41) is 3.45. The minimum absolute atomic E-state index is 0.357. The highest BCUT2D eigenvalue weighted by Crippen LogP contribution is 2.20. The van der Waals surface area contributed by atoms with E-state index in [4.69, 9.17) is 4.74 Å². The zero-order chi connectivity index (χ0) is 13.1. The lowest BCUT2D eigenvalue weighted by molar-refractivity contribution is 0.0496. The predicted octanol–water partition coefficient (Wildman–Crippen LogP) is 2.86. The minimum atomic E-state index is 0.357. The van der Waals surface area contributed by atoms with Crippen LogP contribution in [0.2, 0.25) is 0 Å². The third-order valence-electron chi connectivity index (χ3n) is 3.73. The lowest BCUT2D eigenvalue weighted by Crippen LogP contribution is -2.32. The van der Waals surface area contributed by atoms with Crippen molar-refractivity contribution >= 4 is 16.9 Å². The monoisotopic (exact) mass is 257 g/mol. The number of anilines is 1. The first-order valence-corrected chi connectivity index (χ1v) is 6.89. The maximum Gasteiger partial charge on any atom is 0.145 e. The molecular formula is C15H19N3O. The van der Waals surface area contributed by atoms with Gasteiger partial charge in [0.15, 0.2) is 0 Å². The molecule has 1 saturated heterocycles. The van der Waals surface area contributed by atoms with Gasteiger partial charge < -0.3 is 10.1 Å². The topological polar surface area (TPSA) is 47.0 Å². The summed E-state index contributed by atoms with van der Waals surface area (Å²) in [6, 6.07) is 8.29. The van der Waals surface area contributed by atoms with E-state index in [1.165, 1.54) is 6.42 Å². The summed E-state index contributed by atoms with van der Waals surface area (Å²) >= 11 is 0. The summed E-state index contributed by atoms with van der Waals surface area (Å²) < 4.78 is 5.54. The number of hydrogen-bond acceptors (Lipinski definition) is 4. The summed E-state index contributed by atoms with van der Waals surface area (Å²) in [5.74, 6) is 1.40. The highest BCUT2D eigenvalue weighted by molar-refractivity contribution is 5.75. The second-order valence-electron chi connectivity index (χ2n) is 5.15. The number of benzene rings is 1. The second-order valence-corrected chi connectivity index (χ2v) is 5.15.